The van der Waals surface area contributed by atoms with E-state index in [4.69, 9.17) is 10.7 Å². The van der Waals surface area contributed by atoms with E-state index in [0.29, 0.717) is 17.9 Å². The lowest BCUT2D eigenvalue weighted by Crippen LogP contribution is -2.31. The maximum absolute atomic E-state index is 12.1. The first-order chi connectivity index (χ1) is 15.5. The Morgan fingerprint density at radius 1 is 1.28 bits per heavy atom. The number of aliphatic imine (C=N–C) groups is 1. The zero-order chi connectivity index (χ0) is 22.9. The highest BCUT2D eigenvalue weighted by atomic mass is 32.1. The van der Waals surface area contributed by atoms with Crippen molar-refractivity contribution in [3.63, 3.8) is 0 Å². The SMILES string of the molecule is CN(C)C(N)=NC(c1cc(-c2cccc(C#N)c2)cs1)C(C=O)CCCc1cccnc1. The Morgan fingerprint density at radius 3 is 2.81 bits per heavy atom. The van der Waals surface area contributed by atoms with E-state index in [-0.39, 0.29) is 12.0 Å². The number of aldehydes is 1. The third kappa shape index (κ3) is 6.02. The van der Waals surface area contributed by atoms with Gasteiger partial charge in [0.05, 0.1) is 17.7 Å². The number of carbonyl (C=O) groups is 1. The second-order valence-electron chi connectivity index (χ2n) is 7.81. The molecule has 0 bridgehead atoms. The highest BCUT2D eigenvalue weighted by molar-refractivity contribution is 7.10. The van der Waals surface area contributed by atoms with E-state index in [0.717, 1.165) is 40.7 Å². The molecule has 0 fully saturated rings. The lowest BCUT2D eigenvalue weighted by Gasteiger charge is -2.21. The second kappa shape index (κ2) is 11.2. The summed E-state index contributed by atoms with van der Waals surface area (Å²) in [5, 5.41) is 11.2. The Balaban J connectivity index is 1.84. The summed E-state index contributed by atoms with van der Waals surface area (Å²) >= 11 is 1.56. The van der Waals surface area contributed by atoms with Crippen LogP contribution in [-0.2, 0) is 11.2 Å². The van der Waals surface area contributed by atoms with Gasteiger partial charge in [0.2, 0.25) is 0 Å². The summed E-state index contributed by atoms with van der Waals surface area (Å²) in [5.74, 6) is 0.0950. The number of benzene rings is 1. The number of aromatic nitrogens is 1. The van der Waals surface area contributed by atoms with Crippen molar-refractivity contribution >= 4 is 23.6 Å². The van der Waals surface area contributed by atoms with Gasteiger partial charge in [-0.25, -0.2) is 4.99 Å². The van der Waals surface area contributed by atoms with Crippen LogP contribution in [0.15, 0.2) is 65.2 Å². The topological polar surface area (TPSA) is 95.4 Å². The van der Waals surface area contributed by atoms with Gasteiger partial charge < -0.3 is 15.4 Å². The number of pyridine rings is 1. The zero-order valence-corrected chi connectivity index (χ0v) is 19.1. The first-order valence-corrected chi connectivity index (χ1v) is 11.3. The van der Waals surface area contributed by atoms with Crippen molar-refractivity contribution in [1.82, 2.24) is 9.88 Å². The average molecular weight is 446 g/mol. The van der Waals surface area contributed by atoms with Crippen LogP contribution in [0.3, 0.4) is 0 Å². The molecule has 0 radical (unpaired) electrons. The number of nitriles is 1. The average Bonchev–Trinajstić information content (AvgIpc) is 3.31. The molecule has 0 aliphatic rings. The quantitative estimate of drug-likeness (QED) is 0.298. The highest BCUT2D eigenvalue weighted by Crippen LogP contribution is 2.36. The highest BCUT2D eigenvalue weighted by Gasteiger charge is 2.25. The van der Waals surface area contributed by atoms with Gasteiger partial charge in [-0.2, -0.15) is 5.26 Å². The maximum atomic E-state index is 12.1. The molecule has 3 aromatic rings. The number of hydrogen-bond acceptors (Lipinski definition) is 5. The molecule has 2 heterocycles. The van der Waals surface area contributed by atoms with E-state index < -0.39 is 0 Å². The summed E-state index contributed by atoms with van der Waals surface area (Å²) in [6.45, 7) is 0. The molecule has 0 aliphatic heterocycles. The molecule has 7 heteroatoms. The number of rotatable bonds is 9. The lowest BCUT2D eigenvalue weighted by molar-refractivity contribution is -0.111. The largest absolute Gasteiger partial charge is 0.370 e. The van der Waals surface area contributed by atoms with Gasteiger partial charge >= 0.3 is 0 Å². The van der Waals surface area contributed by atoms with E-state index in [2.05, 4.69) is 17.1 Å². The fraction of sp³-hybridized carbons (Fsp3) is 0.280. The molecule has 164 valence electrons. The van der Waals surface area contributed by atoms with Crippen LogP contribution in [0.1, 0.15) is 34.9 Å². The molecule has 6 nitrogen and oxygen atoms in total. The van der Waals surface area contributed by atoms with Gasteiger partial charge in [-0.15, -0.1) is 11.3 Å². The van der Waals surface area contributed by atoms with Crippen LogP contribution in [0.5, 0.6) is 0 Å². The number of nitrogens with zero attached hydrogens (tertiary/aromatic N) is 4. The van der Waals surface area contributed by atoms with Gasteiger partial charge in [0.25, 0.3) is 0 Å². The van der Waals surface area contributed by atoms with Gasteiger partial charge in [0.15, 0.2) is 5.96 Å². The molecule has 0 saturated carbocycles. The molecule has 1 aromatic carbocycles. The Labute approximate surface area is 193 Å². The van der Waals surface area contributed by atoms with E-state index in [1.54, 1.807) is 28.5 Å². The lowest BCUT2D eigenvalue weighted by atomic mass is 9.93. The minimum Gasteiger partial charge on any atom is -0.370 e. The third-order valence-corrected chi connectivity index (χ3v) is 6.28. The number of carbonyl (C=O) groups excluding carboxylic acids is 1. The maximum Gasteiger partial charge on any atom is 0.191 e. The van der Waals surface area contributed by atoms with E-state index in [1.165, 1.54) is 0 Å². The van der Waals surface area contributed by atoms with Crippen LogP contribution in [0, 0.1) is 17.2 Å². The van der Waals surface area contributed by atoms with Crippen molar-refractivity contribution in [2.75, 3.05) is 14.1 Å². The molecule has 0 amide bonds. The minimum atomic E-state index is -0.360. The predicted octanol–water partition coefficient (Wildman–Crippen LogP) is 4.44. The van der Waals surface area contributed by atoms with Crippen molar-refractivity contribution in [1.29, 1.82) is 5.26 Å². The van der Waals surface area contributed by atoms with Crippen LogP contribution in [0.2, 0.25) is 0 Å². The van der Waals surface area contributed by atoms with Crippen molar-refractivity contribution in [3.8, 4) is 17.2 Å². The fourth-order valence-electron chi connectivity index (χ4n) is 3.44. The molecule has 0 aliphatic carbocycles. The molecule has 32 heavy (non-hydrogen) atoms. The fourth-order valence-corrected chi connectivity index (χ4v) is 4.47. The van der Waals surface area contributed by atoms with Gasteiger partial charge in [0.1, 0.15) is 6.29 Å². The van der Waals surface area contributed by atoms with Gasteiger partial charge in [-0.05, 0) is 65.6 Å². The monoisotopic (exact) mass is 445 g/mol. The van der Waals surface area contributed by atoms with Gasteiger partial charge in [-0.3, -0.25) is 4.98 Å². The summed E-state index contributed by atoms with van der Waals surface area (Å²) in [6, 6.07) is 15.3. The summed E-state index contributed by atoms with van der Waals surface area (Å²) in [5.41, 5.74) is 9.88. The summed E-state index contributed by atoms with van der Waals surface area (Å²) in [7, 11) is 3.67. The third-order valence-electron chi connectivity index (χ3n) is 5.27. The first kappa shape index (κ1) is 23.2. The summed E-state index contributed by atoms with van der Waals surface area (Å²) in [6.07, 6.45) is 7.02. The van der Waals surface area contributed by atoms with Crippen molar-refractivity contribution < 1.29 is 4.79 Å². The van der Waals surface area contributed by atoms with Crippen molar-refractivity contribution in [2.45, 2.75) is 25.3 Å². The van der Waals surface area contributed by atoms with E-state index in [9.17, 15) is 10.1 Å². The van der Waals surface area contributed by atoms with Crippen LogP contribution >= 0.6 is 11.3 Å². The number of nitrogens with two attached hydrogens (primary N) is 1. The van der Waals surface area contributed by atoms with Crippen molar-refractivity contribution in [3.05, 3.63) is 76.2 Å². The predicted molar refractivity (Wildman–Crippen MR) is 129 cm³/mol. The van der Waals surface area contributed by atoms with E-state index >= 15 is 0 Å². The standard InChI is InChI=1S/C25H27N5OS/c1-30(2)25(27)29-24(21(16-31)10-3-6-18-8-5-11-28-15-18)23-13-22(17-32-23)20-9-4-7-19(12-20)14-26/h4-5,7-9,11-13,15-17,21,24H,3,6,10H2,1-2H3,(H2,27,29). The van der Waals surface area contributed by atoms with E-state index in [1.807, 2.05) is 56.0 Å². The smallest absolute Gasteiger partial charge is 0.191 e. The Kier molecular flexibility index (Phi) is 8.12. The normalized spacial score (nSPS) is 13.2. The van der Waals surface area contributed by atoms with Crippen molar-refractivity contribution in [2.24, 2.45) is 16.6 Å². The number of hydrogen-bond donors (Lipinski definition) is 1. The zero-order valence-electron chi connectivity index (χ0n) is 18.3. The molecule has 0 saturated heterocycles. The molecule has 2 aromatic heterocycles. The van der Waals surface area contributed by atoms with Crippen LogP contribution < -0.4 is 5.73 Å². The second-order valence-corrected chi connectivity index (χ2v) is 8.75. The molecular weight excluding hydrogens is 418 g/mol. The number of thiophene rings is 1. The number of aryl methyl sites for hydroxylation is 1. The Bertz CT molecular complexity index is 1100. The Hall–Kier alpha value is -3.50. The van der Waals surface area contributed by atoms with Gasteiger partial charge in [0, 0.05) is 37.3 Å². The van der Waals surface area contributed by atoms with Crippen LogP contribution in [0.4, 0.5) is 0 Å². The number of guanidine groups is 1. The van der Waals surface area contributed by atoms with Crippen LogP contribution in [0.25, 0.3) is 11.1 Å². The molecule has 2 unspecified atom stereocenters. The molecule has 0 spiro atoms. The summed E-state index contributed by atoms with van der Waals surface area (Å²) < 4.78 is 0. The van der Waals surface area contributed by atoms with Gasteiger partial charge in [-0.1, -0.05) is 18.2 Å². The minimum absolute atomic E-state index is 0.290. The molecule has 2 atom stereocenters. The molecular formula is C25H27N5OS. The Morgan fingerprint density at radius 2 is 2.12 bits per heavy atom. The first-order valence-electron chi connectivity index (χ1n) is 10.5. The molecule has 3 rings (SSSR count). The van der Waals surface area contributed by atoms with Crippen LogP contribution in [-0.4, -0.2) is 36.2 Å². The molecule has 2 N–H and O–H groups in total. The summed E-state index contributed by atoms with van der Waals surface area (Å²) in [4.78, 5) is 23.7.